The quantitative estimate of drug-likeness (QED) is 0.665. The molecule has 2 fully saturated rings. The lowest BCUT2D eigenvalue weighted by molar-refractivity contribution is -0.0273. The molecule has 7 heteroatoms. The third-order valence-corrected chi connectivity index (χ3v) is 6.52. The van der Waals surface area contributed by atoms with E-state index in [0.29, 0.717) is 11.1 Å². The summed E-state index contributed by atoms with van der Waals surface area (Å²) in [6, 6.07) is 12.1. The highest BCUT2D eigenvalue weighted by molar-refractivity contribution is 5.92. The zero-order chi connectivity index (χ0) is 21.6. The number of amides is 1. The van der Waals surface area contributed by atoms with Gasteiger partial charge in [0.1, 0.15) is 5.69 Å². The molecule has 3 aromatic rings. The first-order chi connectivity index (χ1) is 15.0. The number of nitrogens with zero attached hydrogens (tertiary/aromatic N) is 3. The highest BCUT2D eigenvalue weighted by Crippen LogP contribution is 2.42. The van der Waals surface area contributed by atoms with E-state index in [2.05, 4.69) is 43.3 Å². The lowest BCUT2D eigenvalue weighted by Gasteiger charge is -2.61. The molecule has 2 aliphatic heterocycles. The Morgan fingerprint density at radius 1 is 1.16 bits per heavy atom. The summed E-state index contributed by atoms with van der Waals surface area (Å²) < 4.78 is 0. The van der Waals surface area contributed by atoms with Gasteiger partial charge in [-0.25, -0.2) is 4.98 Å². The Balaban J connectivity index is 1.17. The Bertz CT molecular complexity index is 1190. The number of aromatic amines is 1. The number of anilines is 1. The molecule has 0 aliphatic carbocycles. The van der Waals surface area contributed by atoms with Crippen LogP contribution in [0.4, 0.5) is 5.69 Å². The minimum Gasteiger partial charge on any atom is -0.369 e. The van der Waals surface area contributed by atoms with Crippen LogP contribution in [0.2, 0.25) is 0 Å². The van der Waals surface area contributed by atoms with Crippen molar-refractivity contribution in [3.05, 3.63) is 69.8 Å². The second kappa shape index (κ2) is 7.50. The van der Waals surface area contributed by atoms with Gasteiger partial charge in [-0.05, 0) is 41.6 Å². The molecule has 0 saturated carbocycles. The smallest absolute Gasteiger partial charge is 0.269 e. The van der Waals surface area contributed by atoms with Crippen molar-refractivity contribution in [2.45, 2.75) is 19.9 Å². The van der Waals surface area contributed by atoms with Crippen LogP contribution in [-0.2, 0) is 13.0 Å². The van der Waals surface area contributed by atoms with Crippen molar-refractivity contribution in [2.24, 2.45) is 5.41 Å². The number of hydrogen-bond acceptors (Lipinski definition) is 5. The van der Waals surface area contributed by atoms with Crippen LogP contribution in [0.1, 0.15) is 28.5 Å². The van der Waals surface area contributed by atoms with Crippen molar-refractivity contribution in [1.82, 2.24) is 20.2 Å². The fourth-order valence-corrected chi connectivity index (χ4v) is 4.91. The average molecular weight is 418 g/mol. The first kappa shape index (κ1) is 19.8. The first-order valence-corrected chi connectivity index (χ1v) is 10.8. The maximum absolute atomic E-state index is 12.1. The number of fused-ring (bicyclic) bond motifs is 1. The number of pyridine rings is 2. The van der Waals surface area contributed by atoms with E-state index >= 15 is 0 Å². The van der Waals surface area contributed by atoms with Crippen LogP contribution < -0.4 is 15.8 Å². The van der Waals surface area contributed by atoms with Gasteiger partial charge in [0, 0.05) is 56.3 Å². The number of carbonyl (C=O) groups is 1. The van der Waals surface area contributed by atoms with Crippen molar-refractivity contribution in [3.63, 3.8) is 0 Å². The van der Waals surface area contributed by atoms with Gasteiger partial charge in [0.25, 0.3) is 11.5 Å². The Kier molecular flexibility index (Phi) is 4.78. The Morgan fingerprint density at radius 3 is 2.65 bits per heavy atom. The van der Waals surface area contributed by atoms with Crippen LogP contribution in [0.5, 0.6) is 0 Å². The highest BCUT2D eigenvalue weighted by Gasteiger charge is 2.51. The van der Waals surface area contributed by atoms with E-state index in [1.54, 1.807) is 19.3 Å². The lowest BCUT2D eigenvalue weighted by atomic mass is 9.72. The van der Waals surface area contributed by atoms with Gasteiger partial charge < -0.3 is 15.2 Å². The van der Waals surface area contributed by atoms with Crippen LogP contribution in [0.25, 0.3) is 10.9 Å². The molecular weight excluding hydrogens is 390 g/mol. The number of aryl methyl sites for hydroxylation is 1. The van der Waals surface area contributed by atoms with E-state index in [9.17, 15) is 9.59 Å². The number of hydrogen-bond donors (Lipinski definition) is 2. The maximum atomic E-state index is 12.1. The van der Waals surface area contributed by atoms with Gasteiger partial charge >= 0.3 is 0 Å². The predicted molar refractivity (Wildman–Crippen MR) is 121 cm³/mol. The molecular formula is C24H27N5O2. The lowest BCUT2D eigenvalue weighted by Crippen LogP contribution is -2.71. The van der Waals surface area contributed by atoms with Crippen LogP contribution in [0.15, 0.2) is 47.4 Å². The number of aromatic nitrogens is 2. The molecule has 1 spiro atoms. The van der Waals surface area contributed by atoms with Gasteiger partial charge in [0.15, 0.2) is 0 Å². The second-order valence-electron chi connectivity index (χ2n) is 8.88. The number of benzene rings is 1. The van der Waals surface area contributed by atoms with E-state index in [4.69, 9.17) is 0 Å². The normalized spacial score (nSPS) is 17.4. The fraction of sp³-hybridized carbons (Fsp3) is 0.375. The predicted octanol–water partition coefficient (Wildman–Crippen LogP) is 2.17. The summed E-state index contributed by atoms with van der Waals surface area (Å²) in [4.78, 5) is 35.8. The van der Waals surface area contributed by atoms with Crippen molar-refractivity contribution in [3.8, 4) is 0 Å². The van der Waals surface area contributed by atoms with Crippen molar-refractivity contribution in [1.29, 1.82) is 0 Å². The molecule has 1 aromatic carbocycles. The number of rotatable bonds is 5. The molecule has 2 N–H and O–H groups in total. The molecule has 7 nitrogen and oxygen atoms in total. The number of nitrogens with one attached hydrogen (secondary N) is 2. The van der Waals surface area contributed by atoms with E-state index < -0.39 is 0 Å². The molecule has 0 radical (unpaired) electrons. The van der Waals surface area contributed by atoms with Crippen LogP contribution in [-0.4, -0.2) is 54.0 Å². The molecule has 160 valence electrons. The van der Waals surface area contributed by atoms with Gasteiger partial charge in [-0.3, -0.25) is 14.5 Å². The third kappa shape index (κ3) is 3.59. The standard InChI is InChI=1S/C24H27N5O2/c1-3-17-9-18-5-4-16(8-21(18)27-22(17)30)11-28-12-24(13-28)14-29(15-24)19-6-7-20(26-10-19)23(31)25-2/h4-10H,3,11-15H2,1-2H3,(H,25,31)(H,27,30). The molecule has 0 atom stereocenters. The molecule has 0 unspecified atom stereocenters. The minimum atomic E-state index is -0.162. The van der Waals surface area contributed by atoms with E-state index in [-0.39, 0.29) is 11.5 Å². The molecule has 31 heavy (non-hydrogen) atoms. The monoisotopic (exact) mass is 417 g/mol. The zero-order valence-corrected chi connectivity index (χ0v) is 17.9. The molecule has 2 aliphatic rings. The van der Waals surface area contributed by atoms with Crippen molar-refractivity contribution >= 4 is 22.5 Å². The number of carbonyl (C=O) groups excluding carboxylic acids is 1. The molecule has 1 amide bonds. The van der Waals surface area contributed by atoms with E-state index in [1.165, 1.54) is 5.56 Å². The zero-order valence-electron chi connectivity index (χ0n) is 17.9. The van der Waals surface area contributed by atoms with Crippen LogP contribution >= 0.6 is 0 Å². The Morgan fingerprint density at radius 2 is 1.97 bits per heavy atom. The maximum Gasteiger partial charge on any atom is 0.269 e. The van der Waals surface area contributed by atoms with Gasteiger partial charge in [-0.1, -0.05) is 19.1 Å². The highest BCUT2D eigenvalue weighted by atomic mass is 16.1. The second-order valence-corrected chi connectivity index (χ2v) is 8.88. The third-order valence-electron chi connectivity index (χ3n) is 6.52. The van der Waals surface area contributed by atoms with Gasteiger partial charge in [-0.2, -0.15) is 0 Å². The average Bonchev–Trinajstić information content (AvgIpc) is 2.73. The minimum absolute atomic E-state index is 0.0162. The summed E-state index contributed by atoms with van der Waals surface area (Å²) in [5.41, 5.74) is 4.87. The van der Waals surface area contributed by atoms with Crippen LogP contribution in [0.3, 0.4) is 0 Å². The molecule has 5 rings (SSSR count). The summed E-state index contributed by atoms with van der Waals surface area (Å²) in [5, 5.41) is 3.68. The van der Waals surface area contributed by atoms with Crippen LogP contribution in [0, 0.1) is 5.41 Å². The summed E-state index contributed by atoms with van der Waals surface area (Å²) in [6.07, 6.45) is 2.53. The fourth-order valence-electron chi connectivity index (χ4n) is 4.91. The molecule has 4 heterocycles. The summed E-state index contributed by atoms with van der Waals surface area (Å²) in [6.45, 7) is 7.11. The van der Waals surface area contributed by atoms with Gasteiger partial charge in [-0.15, -0.1) is 0 Å². The summed E-state index contributed by atoms with van der Waals surface area (Å²) in [5.74, 6) is -0.162. The molecule has 0 bridgehead atoms. The first-order valence-electron chi connectivity index (χ1n) is 10.8. The Hall–Kier alpha value is -3.19. The number of H-pyrrole nitrogens is 1. The van der Waals surface area contributed by atoms with Gasteiger partial charge in [0.05, 0.1) is 11.9 Å². The summed E-state index contributed by atoms with van der Waals surface area (Å²) in [7, 11) is 1.61. The van der Waals surface area contributed by atoms with Crippen molar-refractivity contribution in [2.75, 3.05) is 38.1 Å². The largest absolute Gasteiger partial charge is 0.369 e. The SMILES string of the molecule is CCc1cc2ccc(CN3CC4(C3)CN(c3ccc(C(=O)NC)nc3)C4)cc2[nH]c1=O. The number of likely N-dealkylation sites (tertiary alicyclic amines) is 1. The Labute approximate surface area is 181 Å². The van der Waals surface area contributed by atoms with Gasteiger partial charge in [0.2, 0.25) is 0 Å². The molecule has 2 aromatic heterocycles. The van der Waals surface area contributed by atoms with E-state index in [0.717, 1.165) is 61.3 Å². The van der Waals surface area contributed by atoms with E-state index in [1.807, 2.05) is 19.1 Å². The van der Waals surface area contributed by atoms with Crippen molar-refractivity contribution < 1.29 is 4.79 Å². The topological polar surface area (TPSA) is 81.3 Å². The summed E-state index contributed by atoms with van der Waals surface area (Å²) >= 11 is 0. The molecule has 2 saturated heterocycles.